The van der Waals surface area contributed by atoms with Gasteiger partial charge in [-0.05, 0) is 86.0 Å². The molecule has 0 amide bonds. The van der Waals surface area contributed by atoms with Crippen LogP contribution in [0.1, 0.15) is 11.1 Å². The molecule has 0 radical (unpaired) electrons. The number of benzene rings is 5. The van der Waals surface area contributed by atoms with Crippen molar-refractivity contribution in [3.63, 3.8) is 0 Å². The van der Waals surface area contributed by atoms with Crippen LogP contribution in [0.15, 0.2) is 125 Å². The number of halogens is 1. The average Bonchev–Trinajstić information content (AvgIpc) is 3.50. The van der Waals surface area contributed by atoms with E-state index < -0.39 is 0 Å². The molecule has 0 unspecified atom stereocenters. The van der Waals surface area contributed by atoms with Crippen molar-refractivity contribution in [2.24, 2.45) is 4.99 Å². The van der Waals surface area contributed by atoms with Gasteiger partial charge in [-0.15, -0.1) is 0 Å². The average molecular weight is 535 g/mol. The zero-order valence-corrected chi connectivity index (χ0v) is 21.3. The second kappa shape index (κ2) is 7.83. The maximum Gasteiger partial charge on any atom is 0.0980 e. The molecule has 37 heavy (non-hydrogen) atoms. The summed E-state index contributed by atoms with van der Waals surface area (Å²) in [5, 5.41) is 4.71. The van der Waals surface area contributed by atoms with Gasteiger partial charge in [-0.25, -0.2) is 4.99 Å². The Balaban J connectivity index is 1.46. The second-order valence-electron chi connectivity index (χ2n) is 9.54. The van der Waals surface area contributed by atoms with Gasteiger partial charge in [0.1, 0.15) is 0 Å². The second-order valence-corrected chi connectivity index (χ2v) is 10.5. The van der Waals surface area contributed by atoms with Gasteiger partial charge < -0.3 is 0 Å². The lowest BCUT2D eigenvalue weighted by Crippen LogP contribution is -2.13. The third-order valence-corrected chi connectivity index (χ3v) is 8.04. The lowest BCUT2D eigenvalue weighted by Gasteiger charge is -2.10. The topological polar surface area (TPSA) is 25.2 Å². The van der Waals surface area contributed by atoms with Crippen LogP contribution in [0.3, 0.4) is 0 Å². The number of rotatable bonds is 2. The summed E-state index contributed by atoms with van der Waals surface area (Å²) < 4.78 is 1.09. The zero-order chi connectivity index (χ0) is 24.5. The van der Waals surface area contributed by atoms with Crippen LogP contribution in [0.5, 0.6) is 0 Å². The molecule has 2 nitrogen and oxygen atoms in total. The highest BCUT2D eigenvalue weighted by Gasteiger charge is 2.24. The molecule has 172 valence electrons. The summed E-state index contributed by atoms with van der Waals surface area (Å²) >= 11 is 3.56. The van der Waals surface area contributed by atoms with Crippen molar-refractivity contribution in [1.82, 2.24) is 4.98 Å². The van der Waals surface area contributed by atoms with E-state index in [-0.39, 0.29) is 0 Å². The fourth-order valence-electron chi connectivity index (χ4n) is 5.88. The van der Waals surface area contributed by atoms with Crippen molar-refractivity contribution in [2.75, 3.05) is 0 Å². The summed E-state index contributed by atoms with van der Waals surface area (Å²) in [5.74, 6) is 0. The van der Waals surface area contributed by atoms with Gasteiger partial charge in [0.05, 0.1) is 16.7 Å². The van der Waals surface area contributed by atoms with E-state index in [1.165, 1.54) is 54.9 Å². The van der Waals surface area contributed by atoms with Crippen LogP contribution in [0.4, 0.5) is 5.69 Å². The first-order valence-electron chi connectivity index (χ1n) is 12.4. The molecule has 8 rings (SSSR count). The molecule has 0 N–H and O–H groups in total. The SMILES string of the molecule is Brc1ccc(-c2cccc(C3=c4c(ccc5c6c(ccc45)-c4ncccc4N=6)-c4ccccc43)c2)cc1. The van der Waals surface area contributed by atoms with Crippen molar-refractivity contribution in [3.05, 3.63) is 142 Å². The van der Waals surface area contributed by atoms with Crippen molar-refractivity contribution < 1.29 is 0 Å². The van der Waals surface area contributed by atoms with E-state index in [0.29, 0.717) is 0 Å². The largest absolute Gasteiger partial charge is 0.254 e. The Morgan fingerprint density at radius 1 is 0.541 bits per heavy atom. The lowest BCUT2D eigenvalue weighted by atomic mass is 9.94. The Morgan fingerprint density at radius 2 is 1.32 bits per heavy atom. The Kier molecular flexibility index (Phi) is 4.40. The molecule has 2 aliphatic rings. The highest BCUT2D eigenvalue weighted by Crippen LogP contribution is 2.39. The first kappa shape index (κ1) is 20.8. The molecule has 0 bridgehead atoms. The molecule has 6 aromatic rings. The minimum atomic E-state index is 0.945. The van der Waals surface area contributed by atoms with Crippen LogP contribution in [-0.2, 0) is 0 Å². The smallest absolute Gasteiger partial charge is 0.0980 e. The third kappa shape index (κ3) is 3.04. The predicted octanol–water partition coefficient (Wildman–Crippen LogP) is 7.82. The number of aromatic nitrogens is 1. The summed E-state index contributed by atoms with van der Waals surface area (Å²) in [4.78, 5) is 9.62. The van der Waals surface area contributed by atoms with Crippen LogP contribution in [0.2, 0.25) is 0 Å². The van der Waals surface area contributed by atoms with E-state index >= 15 is 0 Å². The van der Waals surface area contributed by atoms with E-state index in [2.05, 4.69) is 118 Å². The van der Waals surface area contributed by atoms with Gasteiger partial charge in [0, 0.05) is 21.6 Å². The summed E-state index contributed by atoms with van der Waals surface area (Å²) in [6.45, 7) is 0. The highest BCUT2D eigenvalue weighted by atomic mass is 79.9. The Hall–Kier alpha value is -4.34. The molecule has 0 fully saturated rings. The molecule has 1 aliphatic heterocycles. The van der Waals surface area contributed by atoms with E-state index in [1.807, 2.05) is 18.3 Å². The standard InChI is InChI=1S/C34H19BrN2/c35-23-12-10-20(11-13-23)21-5-3-6-22(19-21)31-25-8-2-1-7-24(25)26-14-16-28-27(32(26)31)15-17-29-33(28)37-30-9-4-18-36-34(29)30/h1-19H. The van der Waals surface area contributed by atoms with Gasteiger partial charge in [0.25, 0.3) is 0 Å². The van der Waals surface area contributed by atoms with Crippen LogP contribution in [0.25, 0.3) is 49.9 Å². The lowest BCUT2D eigenvalue weighted by molar-refractivity contribution is 1.33. The molecule has 0 saturated heterocycles. The minimum absolute atomic E-state index is 0.945. The molecule has 3 heteroatoms. The maximum atomic E-state index is 5.00. The number of pyridine rings is 1. The first-order chi connectivity index (χ1) is 18.3. The van der Waals surface area contributed by atoms with Crippen molar-refractivity contribution >= 4 is 38.0 Å². The quantitative estimate of drug-likeness (QED) is 0.222. The van der Waals surface area contributed by atoms with E-state index in [1.54, 1.807) is 0 Å². The number of nitrogens with zero attached hydrogens (tertiary/aromatic N) is 2. The van der Waals surface area contributed by atoms with Crippen LogP contribution >= 0.6 is 15.9 Å². The zero-order valence-electron chi connectivity index (χ0n) is 19.7. The molecular formula is C34H19BrN2. The fourth-order valence-corrected chi connectivity index (χ4v) is 6.14. The van der Waals surface area contributed by atoms with E-state index in [4.69, 9.17) is 4.99 Å². The number of hydrogen-bond acceptors (Lipinski definition) is 2. The molecule has 1 aliphatic carbocycles. The highest BCUT2D eigenvalue weighted by molar-refractivity contribution is 9.10. The Labute approximate surface area is 222 Å². The fraction of sp³-hybridized carbons (Fsp3) is 0. The van der Waals surface area contributed by atoms with Gasteiger partial charge in [0.15, 0.2) is 0 Å². The monoisotopic (exact) mass is 534 g/mol. The van der Waals surface area contributed by atoms with Crippen molar-refractivity contribution in [3.8, 4) is 33.5 Å². The Bertz CT molecular complexity index is 2040. The van der Waals surface area contributed by atoms with Gasteiger partial charge in [-0.2, -0.15) is 0 Å². The predicted molar refractivity (Wildman–Crippen MR) is 154 cm³/mol. The van der Waals surface area contributed by atoms with Gasteiger partial charge in [-0.1, -0.05) is 88.7 Å². The molecule has 1 aromatic heterocycles. The number of hydrogen-bond donors (Lipinski definition) is 0. The minimum Gasteiger partial charge on any atom is -0.254 e. The number of fused-ring (bicyclic) bond motifs is 9. The van der Waals surface area contributed by atoms with Crippen LogP contribution in [0, 0.1) is 0 Å². The summed E-state index contributed by atoms with van der Waals surface area (Å²) in [6, 6.07) is 39.2. The van der Waals surface area contributed by atoms with Crippen LogP contribution in [-0.4, -0.2) is 4.98 Å². The normalized spacial score (nSPS) is 12.6. The third-order valence-electron chi connectivity index (χ3n) is 7.51. The van der Waals surface area contributed by atoms with Gasteiger partial charge >= 0.3 is 0 Å². The molecule has 5 aromatic carbocycles. The Morgan fingerprint density at radius 3 is 2.22 bits per heavy atom. The van der Waals surface area contributed by atoms with Gasteiger partial charge in [0.2, 0.25) is 0 Å². The van der Waals surface area contributed by atoms with E-state index in [9.17, 15) is 0 Å². The maximum absolute atomic E-state index is 5.00. The van der Waals surface area contributed by atoms with E-state index in [0.717, 1.165) is 26.8 Å². The molecule has 0 saturated carbocycles. The molecule has 0 atom stereocenters. The summed E-state index contributed by atoms with van der Waals surface area (Å²) in [5.41, 5.74) is 11.8. The van der Waals surface area contributed by atoms with Gasteiger partial charge in [-0.3, -0.25) is 4.98 Å². The summed E-state index contributed by atoms with van der Waals surface area (Å²) in [6.07, 6.45) is 1.84. The molecule has 0 spiro atoms. The summed E-state index contributed by atoms with van der Waals surface area (Å²) in [7, 11) is 0. The first-order valence-corrected chi connectivity index (χ1v) is 13.2. The van der Waals surface area contributed by atoms with Crippen molar-refractivity contribution in [2.45, 2.75) is 0 Å². The van der Waals surface area contributed by atoms with Crippen LogP contribution < -0.4 is 10.6 Å². The molecule has 2 heterocycles. The molecular weight excluding hydrogens is 516 g/mol. The van der Waals surface area contributed by atoms with Crippen molar-refractivity contribution in [1.29, 1.82) is 0 Å².